The number of aliphatic hydroxyl groups is 1. The molecule has 1 aliphatic rings. The highest BCUT2D eigenvalue weighted by atomic mass is 16.5. The molecule has 0 radical (unpaired) electrons. The van der Waals surface area contributed by atoms with Crippen molar-refractivity contribution in [2.24, 2.45) is 5.41 Å². The Morgan fingerprint density at radius 1 is 1.62 bits per heavy atom. The molecule has 78 valence electrons. The van der Waals surface area contributed by atoms with Crippen LogP contribution >= 0.6 is 0 Å². The van der Waals surface area contributed by atoms with Crippen molar-refractivity contribution in [3.05, 3.63) is 0 Å². The molecule has 1 rings (SSSR count). The zero-order chi connectivity index (χ0) is 9.73. The van der Waals surface area contributed by atoms with E-state index in [9.17, 15) is 5.11 Å². The summed E-state index contributed by atoms with van der Waals surface area (Å²) in [5, 5.41) is 12.5. The molecule has 1 heterocycles. The van der Waals surface area contributed by atoms with Gasteiger partial charge in [0.25, 0.3) is 0 Å². The lowest BCUT2D eigenvalue weighted by Crippen LogP contribution is -2.48. The van der Waals surface area contributed by atoms with Gasteiger partial charge in [0.15, 0.2) is 0 Å². The van der Waals surface area contributed by atoms with Gasteiger partial charge in [-0.1, -0.05) is 6.92 Å². The maximum Gasteiger partial charge on any atom is 0.0897 e. The van der Waals surface area contributed by atoms with Gasteiger partial charge in [-0.05, 0) is 0 Å². The highest BCUT2D eigenvalue weighted by molar-refractivity contribution is 4.83. The largest absolute Gasteiger partial charge is 0.389 e. The van der Waals surface area contributed by atoms with Crippen LogP contribution in [0.3, 0.4) is 0 Å². The SMILES string of the molecule is COCC(O)CNCC1(C)COC1. The number of hydrogen-bond acceptors (Lipinski definition) is 4. The number of ether oxygens (including phenoxy) is 2. The van der Waals surface area contributed by atoms with E-state index in [0.717, 1.165) is 19.8 Å². The zero-order valence-electron chi connectivity index (χ0n) is 8.38. The van der Waals surface area contributed by atoms with Crippen molar-refractivity contribution < 1.29 is 14.6 Å². The minimum atomic E-state index is -0.408. The van der Waals surface area contributed by atoms with E-state index in [2.05, 4.69) is 12.2 Å². The topological polar surface area (TPSA) is 50.7 Å². The second-order valence-corrected chi connectivity index (χ2v) is 4.04. The van der Waals surface area contributed by atoms with Crippen LogP contribution in [0.15, 0.2) is 0 Å². The Labute approximate surface area is 79.2 Å². The first kappa shape index (κ1) is 10.9. The van der Waals surface area contributed by atoms with Gasteiger partial charge in [0.2, 0.25) is 0 Å². The van der Waals surface area contributed by atoms with E-state index in [1.165, 1.54) is 0 Å². The molecule has 2 N–H and O–H groups in total. The molecule has 0 saturated carbocycles. The molecule has 1 atom stereocenters. The van der Waals surface area contributed by atoms with E-state index in [1.54, 1.807) is 7.11 Å². The van der Waals surface area contributed by atoms with Gasteiger partial charge in [0.05, 0.1) is 25.9 Å². The van der Waals surface area contributed by atoms with E-state index in [-0.39, 0.29) is 5.41 Å². The van der Waals surface area contributed by atoms with Crippen molar-refractivity contribution in [1.82, 2.24) is 5.32 Å². The van der Waals surface area contributed by atoms with E-state index in [0.29, 0.717) is 13.2 Å². The van der Waals surface area contributed by atoms with Crippen molar-refractivity contribution in [3.8, 4) is 0 Å². The third kappa shape index (κ3) is 3.60. The second kappa shape index (κ2) is 4.91. The molecule has 4 nitrogen and oxygen atoms in total. The lowest BCUT2D eigenvalue weighted by atomic mass is 9.89. The third-order valence-corrected chi connectivity index (χ3v) is 2.19. The fourth-order valence-corrected chi connectivity index (χ4v) is 1.34. The van der Waals surface area contributed by atoms with Crippen molar-refractivity contribution in [2.75, 3.05) is 40.0 Å². The molecular formula is C9H19NO3. The maximum atomic E-state index is 9.32. The number of hydrogen-bond donors (Lipinski definition) is 2. The van der Waals surface area contributed by atoms with Gasteiger partial charge in [-0.25, -0.2) is 0 Å². The van der Waals surface area contributed by atoms with Crippen LogP contribution in [0.5, 0.6) is 0 Å². The predicted molar refractivity (Wildman–Crippen MR) is 49.7 cm³/mol. The Morgan fingerprint density at radius 3 is 2.77 bits per heavy atom. The van der Waals surface area contributed by atoms with E-state index < -0.39 is 6.10 Å². The molecule has 0 aliphatic carbocycles. The highest BCUT2D eigenvalue weighted by Gasteiger charge is 2.32. The third-order valence-electron chi connectivity index (χ3n) is 2.19. The van der Waals surface area contributed by atoms with Crippen molar-refractivity contribution in [2.45, 2.75) is 13.0 Å². The summed E-state index contributed by atoms with van der Waals surface area (Å²) in [4.78, 5) is 0. The van der Waals surface area contributed by atoms with Gasteiger partial charge >= 0.3 is 0 Å². The molecule has 13 heavy (non-hydrogen) atoms. The molecule has 0 bridgehead atoms. The van der Waals surface area contributed by atoms with Crippen LogP contribution in [0.1, 0.15) is 6.92 Å². The van der Waals surface area contributed by atoms with Gasteiger partial charge in [-0.15, -0.1) is 0 Å². The number of nitrogens with one attached hydrogen (secondary N) is 1. The van der Waals surface area contributed by atoms with Gasteiger partial charge in [-0.3, -0.25) is 0 Å². The summed E-state index contributed by atoms with van der Waals surface area (Å²) in [5.74, 6) is 0. The first-order valence-electron chi connectivity index (χ1n) is 4.62. The summed E-state index contributed by atoms with van der Waals surface area (Å²) in [5.41, 5.74) is 0.271. The minimum absolute atomic E-state index is 0.271. The smallest absolute Gasteiger partial charge is 0.0897 e. The summed E-state index contributed by atoms with van der Waals surface area (Å²) < 4.78 is 9.93. The molecule has 1 fully saturated rings. The molecular weight excluding hydrogens is 170 g/mol. The first-order chi connectivity index (χ1) is 6.16. The van der Waals surface area contributed by atoms with E-state index >= 15 is 0 Å². The van der Waals surface area contributed by atoms with Crippen LogP contribution in [0.2, 0.25) is 0 Å². The Kier molecular flexibility index (Phi) is 4.12. The quantitative estimate of drug-likeness (QED) is 0.598. The lowest BCUT2D eigenvalue weighted by molar-refractivity contribution is -0.0999. The molecule has 1 aliphatic heterocycles. The van der Waals surface area contributed by atoms with Crippen molar-refractivity contribution in [3.63, 3.8) is 0 Å². The predicted octanol–water partition coefficient (Wildman–Crippen LogP) is -0.380. The van der Waals surface area contributed by atoms with Crippen molar-refractivity contribution >= 4 is 0 Å². The number of methoxy groups -OCH3 is 1. The van der Waals surface area contributed by atoms with Crippen LogP contribution in [0.4, 0.5) is 0 Å². The molecule has 0 aromatic rings. The molecule has 4 heteroatoms. The first-order valence-corrected chi connectivity index (χ1v) is 4.62. The highest BCUT2D eigenvalue weighted by Crippen LogP contribution is 2.24. The van der Waals surface area contributed by atoms with Gasteiger partial charge in [-0.2, -0.15) is 0 Å². The average Bonchev–Trinajstić information content (AvgIpc) is 2.02. The van der Waals surface area contributed by atoms with Crippen LogP contribution < -0.4 is 5.32 Å². The number of aliphatic hydroxyl groups excluding tert-OH is 1. The second-order valence-electron chi connectivity index (χ2n) is 4.04. The molecule has 1 unspecified atom stereocenters. The van der Waals surface area contributed by atoms with Crippen LogP contribution in [0, 0.1) is 5.41 Å². The van der Waals surface area contributed by atoms with Crippen LogP contribution in [-0.4, -0.2) is 51.2 Å². The molecule has 0 amide bonds. The Morgan fingerprint density at radius 2 is 2.31 bits per heavy atom. The maximum absolute atomic E-state index is 9.32. The molecule has 0 aromatic carbocycles. The summed E-state index contributed by atoms with van der Waals surface area (Å²) in [6.45, 7) is 5.68. The number of rotatable bonds is 6. The van der Waals surface area contributed by atoms with Gasteiger partial charge in [0, 0.05) is 25.6 Å². The van der Waals surface area contributed by atoms with Gasteiger partial charge in [0.1, 0.15) is 0 Å². The van der Waals surface area contributed by atoms with E-state index in [1.807, 2.05) is 0 Å². The summed E-state index contributed by atoms with van der Waals surface area (Å²) in [6, 6.07) is 0. The van der Waals surface area contributed by atoms with E-state index in [4.69, 9.17) is 9.47 Å². The standard InChI is InChI=1S/C9H19NO3/c1-9(6-13-7-9)5-10-3-8(11)4-12-2/h8,10-11H,3-7H2,1-2H3. The fraction of sp³-hybridized carbons (Fsp3) is 1.00. The monoisotopic (exact) mass is 189 g/mol. The minimum Gasteiger partial charge on any atom is -0.389 e. The fourth-order valence-electron chi connectivity index (χ4n) is 1.34. The summed E-state index contributed by atoms with van der Waals surface area (Å²) >= 11 is 0. The Balaban J connectivity index is 1.99. The molecule has 1 saturated heterocycles. The normalized spacial score (nSPS) is 22.4. The Hall–Kier alpha value is -0.160. The van der Waals surface area contributed by atoms with Crippen molar-refractivity contribution in [1.29, 1.82) is 0 Å². The molecule has 0 aromatic heterocycles. The van der Waals surface area contributed by atoms with Gasteiger partial charge < -0.3 is 19.9 Å². The lowest BCUT2D eigenvalue weighted by Gasteiger charge is -2.38. The summed E-state index contributed by atoms with van der Waals surface area (Å²) in [6.07, 6.45) is -0.408. The molecule has 0 spiro atoms. The Bertz CT molecular complexity index is 148. The summed E-state index contributed by atoms with van der Waals surface area (Å²) in [7, 11) is 1.59. The zero-order valence-corrected chi connectivity index (χ0v) is 8.38. The van der Waals surface area contributed by atoms with Crippen LogP contribution in [0.25, 0.3) is 0 Å². The van der Waals surface area contributed by atoms with Crippen LogP contribution in [-0.2, 0) is 9.47 Å². The average molecular weight is 189 g/mol.